The monoisotopic (exact) mass is 281 g/mol. The number of amides is 1. The molecule has 1 aliphatic carbocycles. The van der Waals surface area contributed by atoms with Crippen LogP contribution in [0.3, 0.4) is 0 Å². The smallest absolute Gasteiger partial charge is 0.255 e. The predicted octanol–water partition coefficient (Wildman–Crippen LogP) is 4.99. The molecule has 0 saturated heterocycles. The molecule has 0 heterocycles. The van der Waals surface area contributed by atoms with Gasteiger partial charge in [-0.05, 0) is 48.6 Å². The summed E-state index contributed by atoms with van der Waals surface area (Å²) in [6.45, 7) is 0. The Hall–Kier alpha value is -2.09. The molecule has 2 heteroatoms. The molecule has 0 atom stereocenters. The highest BCUT2D eigenvalue weighted by molar-refractivity contribution is 6.04. The zero-order valence-corrected chi connectivity index (χ0v) is 12.1. The van der Waals surface area contributed by atoms with Gasteiger partial charge in [0.25, 0.3) is 5.91 Å². The molecule has 0 spiro atoms. The Kier molecular flexibility index (Phi) is 3.96. The molecule has 0 bridgehead atoms. The number of para-hydroxylation sites is 1. The summed E-state index contributed by atoms with van der Waals surface area (Å²) >= 11 is 0. The van der Waals surface area contributed by atoms with Crippen LogP contribution in [0.5, 0.6) is 0 Å². The molecule has 0 unspecified atom stereocenters. The van der Waals surface area contributed by atoms with Gasteiger partial charge in [-0.15, -0.1) is 0 Å². The van der Waals surface area contributed by atoms with Gasteiger partial charge in [0.05, 0.1) is 1.37 Å². The third kappa shape index (κ3) is 3.52. The summed E-state index contributed by atoms with van der Waals surface area (Å²) in [6, 6.07) is 15.3. The molecule has 3 rings (SSSR count). The second-order valence-corrected chi connectivity index (χ2v) is 5.69. The maximum atomic E-state index is 12.3. The molecule has 2 aromatic rings. The van der Waals surface area contributed by atoms with Gasteiger partial charge in [-0.2, -0.15) is 0 Å². The van der Waals surface area contributed by atoms with Gasteiger partial charge >= 0.3 is 0 Å². The van der Waals surface area contributed by atoms with Crippen molar-refractivity contribution in [1.82, 2.24) is 0 Å². The Balaban J connectivity index is 1.69. The van der Waals surface area contributed by atoms with Crippen LogP contribution in [0.4, 0.5) is 5.69 Å². The Labute approximate surface area is 127 Å². The molecule has 1 aliphatic rings. The van der Waals surface area contributed by atoms with E-state index in [1.165, 1.54) is 37.7 Å². The quantitative estimate of drug-likeness (QED) is 0.844. The number of hydrogen-bond donors (Lipinski definition) is 1. The zero-order valence-electron chi connectivity index (χ0n) is 13.1. The van der Waals surface area contributed by atoms with Gasteiger partial charge < -0.3 is 5.32 Å². The lowest BCUT2D eigenvalue weighted by Gasteiger charge is -2.22. The van der Waals surface area contributed by atoms with E-state index in [9.17, 15) is 4.79 Å². The van der Waals surface area contributed by atoms with E-state index in [-0.39, 0.29) is 5.91 Å². The van der Waals surface area contributed by atoms with Gasteiger partial charge in [0.1, 0.15) is 0 Å². The number of nitrogens with one attached hydrogen (secondary N) is 1. The van der Waals surface area contributed by atoms with E-state index in [1.54, 1.807) is 18.2 Å². The molecular weight excluding hydrogens is 258 g/mol. The van der Waals surface area contributed by atoms with Crippen LogP contribution < -0.4 is 5.32 Å². The minimum Gasteiger partial charge on any atom is -0.322 e. The van der Waals surface area contributed by atoms with E-state index in [0.717, 1.165) is 0 Å². The first-order valence-electron chi connectivity index (χ1n) is 8.21. The Morgan fingerprint density at radius 3 is 2.48 bits per heavy atom. The lowest BCUT2D eigenvalue weighted by Crippen LogP contribution is -2.12. The average molecular weight is 281 g/mol. The third-order valence-corrected chi connectivity index (χ3v) is 4.21. The lowest BCUT2D eigenvalue weighted by molar-refractivity contribution is 0.102. The number of carbonyl (C=O) groups excluding carboxylic acids is 1. The summed E-state index contributed by atoms with van der Waals surface area (Å²) < 4.78 is 7.78. The van der Waals surface area contributed by atoms with Crippen LogP contribution in [-0.4, -0.2) is 5.91 Å². The van der Waals surface area contributed by atoms with E-state index in [0.29, 0.717) is 23.2 Å². The highest BCUT2D eigenvalue weighted by atomic mass is 16.1. The van der Waals surface area contributed by atoms with Crippen LogP contribution in [0.1, 0.15) is 55.3 Å². The highest BCUT2D eigenvalue weighted by Gasteiger charge is 2.15. The molecule has 1 amide bonds. The maximum Gasteiger partial charge on any atom is 0.255 e. The molecule has 108 valence electrons. The first kappa shape index (κ1) is 12.6. The van der Waals surface area contributed by atoms with E-state index < -0.39 is 0 Å². The minimum atomic E-state index is -0.158. The second-order valence-electron chi connectivity index (χ2n) is 5.69. The van der Waals surface area contributed by atoms with Crippen molar-refractivity contribution in [3.63, 3.8) is 0 Å². The van der Waals surface area contributed by atoms with Gasteiger partial charge in [0.15, 0.2) is 0 Å². The van der Waals surface area contributed by atoms with Crippen LogP contribution in [0.15, 0.2) is 54.6 Å². The Bertz CT molecular complexity index is 645. The van der Waals surface area contributed by atoms with Crippen LogP contribution in [-0.2, 0) is 0 Å². The molecule has 0 aliphatic heterocycles. The van der Waals surface area contributed by atoms with Crippen molar-refractivity contribution in [2.75, 3.05) is 5.32 Å². The standard InChI is InChI=1S/C19H21NO/c21-19(20-18-9-5-2-6-10-18)17-13-11-16(12-14-17)15-7-3-1-4-8-15/h2,5-6,9-15H,1,3-4,7-8H2,(H,20,21)/i9T. The molecular formula is C19H21NO. The number of carbonyl (C=O) groups is 1. The van der Waals surface area contributed by atoms with Crippen LogP contribution in [0.2, 0.25) is 0 Å². The summed E-state index contributed by atoms with van der Waals surface area (Å²) in [6.07, 6.45) is 6.50. The van der Waals surface area contributed by atoms with E-state index in [1.807, 2.05) is 18.2 Å². The summed E-state index contributed by atoms with van der Waals surface area (Å²) in [5, 5.41) is 2.80. The lowest BCUT2D eigenvalue weighted by atomic mass is 9.84. The molecule has 1 N–H and O–H groups in total. The Morgan fingerprint density at radius 2 is 1.76 bits per heavy atom. The molecule has 2 aromatic carbocycles. The number of rotatable bonds is 3. The number of benzene rings is 2. The first-order chi connectivity index (χ1) is 10.7. The summed E-state index contributed by atoms with van der Waals surface area (Å²) in [7, 11) is 0. The molecule has 1 fully saturated rings. The van der Waals surface area contributed by atoms with Crippen molar-refractivity contribution in [2.24, 2.45) is 0 Å². The largest absolute Gasteiger partial charge is 0.322 e. The van der Waals surface area contributed by atoms with Gasteiger partial charge in [-0.3, -0.25) is 4.79 Å². The fourth-order valence-electron chi connectivity index (χ4n) is 3.01. The van der Waals surface area contributed by atoms with Crippen LogP contribution in [0.25, 0.3) is 0 Å². The normalized spacial score (nSPS) is 16.3. The van der Waals surface area contributed by atoms with Gasteiger partial charge in [0, 0.05) is 11.3 Å². The van der Waals surface area contributed by atoms with Crippen LogP contribution >= 0.6 is 0 Å². The van der Waals surface area contributed by atoms with Crippen molar-refractivity contribution in [3.8, 4) is 0 Å². The van der Waals surface area contributed by atoms with Crippen LogP contribution in [0, 0.1) is 0 Å². The predicted molar refractivity (Wildman–Crippen MR) is 86.7 cm³/mol. The van der Waals surface area contributed by atoms with Crippen molar-refractivity contribution in [3.05, 3.63) is 65.7 Å². The van der Waals surface area contributed by atoms with Gasteiger partial charge in [0.2, 0.25) is 0 Å². The van der Waals surface area contributed by atoms with Crippen molar-refractivity contribution < 1.29 is 6.17 Å². The first-order valence-corrected chi connectivity index (χ1v) is 7.71. The molecule has 2 nitrogen and oxygen atoms in total. The topological polar surface area (TPSA) is 29.1 Å². The van der Waals surface area contributed by atoms with E-state index >= 15 is 0 Å². The summed E-state index contributed by atoms with van der Waals surface area (Å²) in [5.74, 6) is 0.495. The molecule has 0 radical (unpaired) electrons. The Morgan fingerprint density at radius 1 is 1.00 bits per heavy atom. The summed E-state index contributed by atoms with van der Waals surface area (Å²) in [4.78, 5) is 12.3. The van der Waals surface area contributed by atoms with Crippen molar-refractivity contribution in [1.29, 1.82) is 0 Å². The fourth-order valence-corrected chi connectivity index (χ4v) is 3.01. The fraction of sp³-hybridized carbons (Fsp3) is 0.316. The second kappa shape index (κ2) is 6.57. The third-order valence-electron chi connectivity index (χ3n) is 4.21. The maximum absolute atomic E-state index is 12.3. The summed E-state index contributed by atoms with van der Waals surface area (Å²) in [5.41, 5.74) is 2.53. The number of anilines is 1. The zero-order chi connectivity index (χ0) is 15.4. The average Bonchev–Trinajstić information content (AvgIpc) is 2.58. The molecule has 21 heavy (non-hydrogen) atoms. The van der Waals surface area contributed by atoms with Crippen molar-refractivity contribution >= 4 is 11.6 Å². The van der Waals surface area contributed by atoms with E-state index in [2.05, 4.69) is 17.4 Å². The minimum absolute atomic E-state index is 0.158. The highest BCUT2D eigenvalue weighted by Crippen LogP contribution is 2.32. The SMILES string of the molecule is [3H]c1ccccc1NC(=O)c1ccc(C2CCCCC2)cc1. The van der Waals surface area contributed by atoms with Crippen molar-refractivity contribution in [2.45, 2.75) is 38.0 Å². The molecule has 1 saturated carbocycles. The number of hydrogen-bond acceptors (Lipinski definition) is 1. The van der Waals surface area contributed by atoms with Gasteiger partial charge in [-0.1, -0.05) is 49.6 Å². The van der Waals surface area contributed by atoms with E-state index in [4.69, 9.17) is 1.37 Å². The molecule has 0 aromatic heterocycles. The van der Waals surface area contributed by atoms with Gasteiger partial charge in [-0.25, -0.2) is 0 Å².